The van der Waals surface area contributed by atoms with Gasteiger partial charge in [0.05, 0.1) is 12.1 Å². The minimum Gasteiger partial charge on any atom is -0.366 e. The van der Waals surface area contributed by atoms with Crippen molar-refractivity contribution in [3.05, 3.63) is 21.9 Å². The first-order valence-electron chi connectivity index (χ1n) is 7.12. The SMILES string of the molecule is CNC(=O)CN1CCC(NCc2cc(C(N)=O)cs2)CC1. The molecule has 1 fully saturated rings. The lowest BCUT2D eigenvalue weighted by atomic mass is 10.1. The van der Waals surface area contributed by atoms with Gasteiger partial charge >= 0.3 is 0 Å². The van der Waals surface area contributed by atoms with Crippen molar-refractivity contribution >= 4 is 23.2 Å². The molecule has 2 amide bonds. The summed E-state index contributed by atoms with van der Waals surface area (Å²) in [5, 5.41) is 7.95. The standard InChI is InChI=1S/C14H22N4O2S/c1-16-13(19)8-18-4-2-11(3-5-18)17-7-12-6-10(9-21-12)14(15)20/h6,9,11,17H,2-5,7-8H2,1H3,(H2,15,20)(H,16,19). The van der Waals surface area contributed by atoms with Crippen LogP contribution in [0.2, 0.25) is 0 Å². The van der Waals surface area contributed by atoms with E-state index < -0.39 is 0 Å². The molecule has 1 aromatic heterocycles. The molecule has 116 valence electrons. The van der Waals surface area contributed by atoms with E-state index in [0.29, 0.717) is 18.2 Å². The number of likely N-dealkylation sites (tertiary alicyclic amines) is 1. The maximum atomic E-state index is 11.3. The Morgan fingerprint density at radius 3 is 2.71 bits per heavy atom. The van der Waals surface area contributed by atoms with E-state index in [0.717, 1.165) is 37.4 Å². The second kappa shape index (κ2) is 7.53. The van der Waals surface area contributed by atoms with Gasteiger partial charge < -0.3 is 16.4 Å². The number of carbonyl (C=O) groups excluding carboxylic acids is 2. The highest BCUT2D eigenvalue weighted by Crippen LogP contribution is 2.16. The number of hydrogen-bond donors (Lipinski definition) is 3. The van der Waals surface area contributed by atoms with Crippen LogP contribution in [0, 0.1) is 0 Å². The average molecular weight is 310 g/mol. The van der Waals surface area contributed by atoms with Crippen molar-refractivity contribution in [3.63, 3.8) is 0 Å². The topological polar surface area (TPSA) is 87.5 Å². The van der Waals surface area contributed by atoms with Gasteiger partial charge in [0.25, 0.3) is 0 Å². The van der Waals surface area contributed by atoms with Crippen LogP contribution in [-0.2, 0) is 11.3 Å². The van der Waals surface area contributed by atoms with Crippen LogP contribution in [0.1, 0.15) is 28.1 Å². The Kier molecular flexibility index (Phi) is 5.72. The van der Waals surface area contributed by atoms with Gasteiger partial charge in [-0.05, 0) is 18.9 Å². The van der Waals surface area contributed by atoms with Gasteiger partial charge in [0.2, 0.25) is 11.8 Å². The highest BCUT2D eigenvalue weighted by Gasteiger charge is 2.20. The molecule has 0 bridgehead atoms. The van der Waals surface area contributed by atoms with Crippen LogP contribution < -0.4 is 16.4 Å². The van der Waals surface area contributed by atoms with E-state index in [2.05, 4.69) is 15.5 Å². The lowest BCUT2D eigenvalue weighted by Gasteiger charge is -2.31. The van der Waals surface area contributed by atoms with Crippen LogP contribution in [0.15, 0.2) is 11.4 Å². The lowest BCUT2D eigenvalue weighted by molar-refractivity contribution is -0.122. The Morgan fingerprint density at radius 1 is 1.43 bits per heavy atom. The molecule has 1 saturated heterocycles. The van der Waals surface area contributed by atoms with E-state index in [1.807, 2.05) is 6.07 Å². The molecule has 1 aromatic rings. The van der Waals surface area contributed by atoms with Crippen molar-refractivity contribution in [2.45, 2.75) is 25.4 Å². The molecule has 0 saturated carbocycles. The van der Waals surface area contributed by atoms with Gasteiger partial charge in [-0.15, -0.1) is 11.3 Å². The van der Waals surface area contributed by atoms with Gasteiger partial charge in [0.15, 0.2) is 0 Å². The minimum absolute atomic E-state index is 0.0685. The largest absolute Gasteiger partial charge is 0.366 e. The van der Waals surface area contributed by atoms with Crippen LogP contribution in [-0.4, -0.2) is 49.4 Å². The summed E-state index contributed by atoms with van der Waals surface area (Å²) in [5.41, 5.74) is 5.82. The maximum Gasteiger partial charge on any atom is 0.249 e. The fourth-order valence-electron chi connectivity index (χ4n) is 2.42. The Balaban J connectivity index is 1.71. The van der Waals surface area contributed by atoms with Crippen LogP contribution in [0.4, 0.5) is 0 Å². The van der Waals surface area contributed by atoms with Crippen molar-refractivity contribution < 1.29 is 9.59 Å². The van der Waals surface area contributed by atoms with Gasteiger partial charge in [0.1, 0.15) is 0 Å². The summed E-state index contributed by atoms with van der Waals surface area (Å²) in [6.45, 7) is 3.11. The number of primary amides is 1. The summed E-state index contributed by atoms with van der Waals surface area (Å²) in [6, 6.07) is 2.31. The first kappa shape index (κ1) is 15.9. The van der Waals surface area contributed by atoms with Crippen molar-refractivity contribution in [1.29, 1.82) is 0 Å². The zero-order valence-corrected chi connectivity index (χ0v) is 13.0. The van der Waals surface area contributed by atoms with E-state index >= 15 is 0 Å². The first-order chi connectivity index (χ1) is 10.1. The van der Waals surface area contributed by atoms with Gasteiger partial charge in [-0.3, -0.25) is 14.5 Å². The number of thiophene rings is 1. The quantitative estimate of drug-likeness (QED) is 0.698. The zero-order valence-electron chi connectivity index (χ0n) is 12.2. The van der Waals surface area contributed by atoms with Crippen LogP contribution in [0.3, 0.4) is 0 Å². The third-order valence-corrected chi connectivity index (χ3v) is 4.67. The molecule has 1 aliphatic heterocycles. The number of nitrogens with two attached hydrogens (primary N) is 1. The summed E-state index contributed by atoms with van der Waals surface area (Å²) in [4.78, 5) is 25.7. The molecule has 4 N–H and O–H groups in total. The maximum absolute atomic E-state index is 11.3. The zero-order chi connectivity index (χ0) is 15.2. The van der Waals surface area contributed by atoms with Crippen molar-refractivity contribution in [1.82, 2.24) is 15.5 Å². The smallest absolute Gasteiger partial charge is 0.249 e. The summed E-state index contributed by atoms with van der Waals surface area (Å²) in [7, 11) is 1.66. The highest BCUT2D eigenvalue weighted by atomic mass is 32.1. The van der Waals surface area contributed by atoms with Crippen LogP contribution in [0.5, 0.6) is 0 Å². The van der Waals surface area contributed by atoms with E-state index in [4.69, 9.17) is 5.73 Å². The summed E-state index contributed by atoms with van der Waals surface area (Å²) >= 11 is 1.55. The number of nitrogens with zero attached hydrogens (tertiary/aromatic N) is 1. The second-order valence-electron chi connectivity index (χ2n) is 5.27. The fourth-order valence-corrected chi connectivity index (χ4v) is 3.25. The molecule has 0 radical (unpaired) electrons. The molecule has 6 nitrogen and oxygen atoms in total. The Labute approximate surface area is 128 Å². The third kappa shape index (κ3) is 4.80. The predicted molar refractivity (Wildman–Crippen MR) is 83.2 cm³/mol. The summed E-state index contributed by atoms with van der Waals surface area (Å²) in [5.74, 6) is -0.306. The molecule has 0 atom stereocenters. The molecule has 0 spiro atoms. The lowest BCUT2D eigenvalue weighted by Crippen LogP contribution is -2.45. The molecule has 2 heterocycles. The predicted octanol–water partition coefficient (Wildman–Crippen LogP) is 0.147. The summed E-state index contributed by atoms with van der Waals surface area (Å²) in [6.07, 6.45) is 2.07. The van der Waals surface area contributed by atoms with Gasteiger partial charge in [-0.1, -0.05) is 0 Å². The molecular weight excluding hydrogens is 288 g/mol. The highest BCUT2D eigenvalue weighted by molar-refractivity contribution is 7.10. The minimum atomic E-state index is -0.375. The number of hydrogen-bond acceptors (Lipinski definition) is 5. The van der Waals surface area contributed by atoms with Crippen LogP contribution >= 0.6 is 11.3 Å². The molecule has 0 aliphatic carbocycles. The summed E-state index contributed by atoms with van der Waals surface area (Å²) < 4.78 is 0. The second-order valence-corrected chi connectivity index (χ2v) is 6.27. The Hall–Kier alpha value is -1.44. The molecular formula is C14H22N4O2S. The third-order valence-electron chi connectivity index (χ3n) is 3.74. The molecule has 0 unspecified atom stereocenters. The molecule has 1 aliphatic rings. The van der Waals surface area contributed by atoms with Crippen LogP contribution in [0.25, 0.3) is 0 Å². The van der Waals surface area contributed by atoms with E-state index in [1.165, 1.54) is 0 Å². The molecule has 7 heteroatoms. The van der Waals surface area contributed by atoms with E-state index in [9.17, 15) is 9.59 Å². The Morgan fingerprint density at radius 2 is 2.14 bits per heavy atom. The van der Waals surface area contributed by atoms with Gasteiger partial charge in [-0.25, -0.2) is 0 Å². The van der Waals surface area contributed by atoms with E-state index in [1.54, 1.807) is 23.8 Å². The average Bonchev–Trinajstić information content (AvgIpc) is 2.95. The fraction of sp³-hybridized carbons (Fsp3) is 0.571. The van der Waals surface area contributed by atoms with Gasteiger partial charge in [0, 0.05) is 43.0 Å². The first-order valence-corrected chi connectivity index (χ1v) is 8.00. The van der Waals surface area contributed by atoms with Crippen molar-refractivity contribution in [2.24, 2.45) is 5.73 Å². The van der Waals surface area contributed by atoms with Gasteiger partial charge in [-0.2, -0.15) is 0 Å². The number of amides is 2. The number of likely N-dealkylation sites (N-methyl/N-ethyl adjacent to an activating group) is 1. The molecule has 2 rings (SSSR count). The number of carbonyl (C=O) groups is 2. The Bertz CT molecular complexity index is 495. The number of piperidine rings is 1. The number of nitrogens with one attached hydrogen (secondary N) is 2. The van der Waals surface area contributed by atoms with Crippen molar-refractivity contribution in [2.75, 3.05) is 26.7 Å². The van der Waals surface area contributed by atoms with Crippen molar-refractivity contribution in [3.8, 4) is 0 Å². The number of rotatable bonds is 6. The monoisotopic (exact) mass is 310 g/mol. The normalized spacial score (nSPS) is 16.8. The van der Waals surface area contributed by atoms with E-state index in [-0.39, 0.29) is 11.8 Å². The molecule has 0 aromatic carbocycles. The molecule has 21 heavy (non-hydrogen) atoms.